The van der Waals surface area contributed by atoms with Crippen LogP contribution in [-0.2, 0) is 11.8 Å². The van der Waals surface area contributed by atoms with Crippen LogP contribution in [-0.4, -0.2) is 55.2 Å². The van der Waals surface area contributed by atoms with Crippen LogP contribution >= 0.6 is 11.6 Å². The summed E-state index contributed by atoms with van der Waals surface area (Å²) < 4.78 is 7.69. The Kier molecular flexibility index (Phi) is 4.91. The fourth-order valence-electron chi connectivity index (χ4n) is 3.23. The van der Waals surface area contributed by atoms with Crippen LogP contribution in [0.5, 0.6) is 5.88 Å². The minimum atomic E-state index is -0.0523. The molecule has 1 saturated heterocycles. The number of likely N-dealkylation sites (tertiary alicyclic amines) is 1. The van der Waals surface area contributed by atoms with Gasteiger partial charge < -0.3 is 19.9 Å². The molecule has 0 bridgehead atoms. The number of nitrogens with zero attached hydrogens (tertiary/aromatic N) is 5. The van der Waals surface area contributed by atoms with Gasteiger partial charge in [0.1, 0.15) is 5.65 Å². The predicted molar refractivity (Wildman–Crippen MR) is 106 cm³/mol. The van der Waals surface area contributed by atoms with E-state index in [0.29, 0.717) is 47.6 Å². The van der Waals surface area contributed by atoms with Crippen molar-refractivity contribution in [2.24, 2.45) is 13.0 Å². The SMILES string of the molecule is C=CC(=O)N1CC[C@@H](COc2nc(Nc3cnn(C)c3)nc3[nH]cc(Cl)c23)C1. The highest BCUT2D eigenvalue weighted by molar-refractivity contribution is 6.35. The number of hydrogen-bond acceptors (Lipinski definition) is 6. The highest BCUT2D eigenvalue weighted by atomic mass is 35.5. The molecule has 1 atom stereocenters. The maximum Gasteiger partial charge on any atom is 0.245 e. The second-order valence-electron chi connectivity index (χ2n) is 6.69. The van der Waals surface area contributed by atoms with Gasteiger partial charge in [-0.05, 0) is 12.5 Å². The molecule has 0 aromatic carbocycles. The van der Waals surface area contributed by atoms with Crippen molar-refractivity contribution in [1.82, 2.24) is 29.6 Å². The molecule has 28 heavy (non-hydrogen) atoms. The lowest BCUT2D eigenvalue weighted by Gasteiger charge is -2.15. The normalized spacial score (nSPS) is 16.5. The quantitative estimate of drug-likeness (QED) is 0.615. The smallest absolute Gasteiger partial charge is 0.245 e. The first-order chi connectivity index (χ1) is 13.5. The molecule has 10 heteroatoms. The van der Waals surface area contributed by atoms with Crippen LogP contribution < -0.4 is 10.1 Å². The summed E-state index contributed by atoms with van der Waals surface area (Å²) in [6.07, 6.45) is 7.36. The third kappa shape index (κ3) is 3.65. The number of amides is 1. The summed E-state index contributed by atoms with van der Waals surface area (Å²) in [6, 6.07) is 0. The Morgan fingerprint density at radius 2 is 2.39 bits per heavy atom. The van der Waals surface area contributed by atoms with Crippen LogP contribution in [0.2, 0.25) is 5.02 Å². The second-order valence-corrected chi connectivity index (χ2v) is 7.10. The van der Waals surface area contributed by atoms with Crippen LogP contribution in [0, 0.1) is 5.92 Å². The minimum Gasteiger partial charge on any atom is -0.477 e. The van der Waals surface area contributed by atoms with Crippen molar-refractivity contribution in [2.45, 2.75) is 6.42 Å². The van der Waals surface area contributed by atoms with E-state index in [4.69, 9.17) is 16.3 Å². The van der Waals surface area contributed by atoms with E-state index in [1.807, 2.05) is 13.2 Å². The van der Waals surface area contributed by atoms with Crippen molar-refractivity contribution in [2.75, 3.05) is 25.0 Å². The lowest BCUT2D eigenvalue weighted by molar-refractivity contribution is -0.125. The first-order valence-electron chi connectivity index (χ1n) is 8.88. The molecular weight excluding hydrogens is 382 g/mol. The summed E-state index contributed by atoms with van der Waals surface area (Å²) >= 11 is 6.28. The molecule has 9 nitrogen and oxygen atoms in total. The fourth-order valence-corrected chi connectivity index (χ4v) is 3.46. The number of rotatable bonds is 6. The largest absolute Gasteiger partial charge is 0.477 e. The number of aryl methyl sites for hydroxylation is 1. The molecule has 146 valence electrons. The Morgan fingerprint density at radius 3 is 3.14 bits per heavy atom. The van der Waals surface area contributed by atoms with Gasteiger partial charge in [-0.3, -0.25) is 9.48 Å². The van der Waals surface area contributed by atoms with E-state index in [1.165, 1.54) is 6.08 Å². The lowest BCUT2D eigenvalue weighted by Crippen LogP contribution is -2.27. The Balaban J connectivity index is 1.53. The Morgan fingerprint density at radius 1 is 1.54 bits per heavy atom. The molecule has 0 unspecified atom stereocenters. The highest BCUT2D eigenvalue weighted by Gasteiger charge is 2.26. The van der Waals surface area contributed by atoms with Crippen LogP contribution in [0.4, 0.5) is 11.6 Å². The van der Waals surface area contributed by atoms with Crippen LogP contribution in [0.15, 0.2) is 31.2 Å². The third-order valence-corrected chi connectivity index (χ3v) is 4.94. The van der Waals surface area contributed by atoms with E-state index in [1.54, 1.807) is 22.0 Å². The molecule has 1 aliphatic rings. The maximum atomic E-state index is 11.7. The van der Waals surface area contributed by atoms with Crippen molar-refractivity contribution < 1.29 is 9.53 Å². The summed E-state index contributed by atoms with van der Waals surface area (Å²) in [5.41, 5.74) is 1.34. The maximum absolute atomic E-state index is 11.7. The standard InChI is InChI=1S/C18H20ClN7O2/c1-3-14(27)26-5-4-11(8-26)10-28-17-15-13(19)7-20-16(15)23-18(24-17)22-12-6-21-25(2)9-12/h3,6-7,9,11H,1,4-5,8,10H2,2H3,(H2,20,22,23,24)/t11-/m1/s1. The third-order valence-electron chi connectivity index (χ3n) is 4.64. The number of anilines is 2. The molecule has 2 N–H and O–H groups in total. The van der Waals surface area contributed by atoms with E-state index < -0.39 is 0 Å². The molecular formula is C18H20ClN7O2. The summed E-state index contributed by atoms with van der Waals surface area (Å²) in [4.78, 5) is 25.5. The zero-order valence-electron chi connectivity index (χ0n) is 15.4. The number of halogens is 1. The molecule has 4 heterocycles. The summed E-state index contributed by atoms with van der Waals surface area (Å²) in [6.45, 7) is 5.31. The van der Waals surface area contributed by atoms with Gasteiger partial charge in [0.2, 0.25) is 17.7 Å². The van der Waals surface area contributed by atoms with Gasteiger partial charge in [-0.2, -0.15) is 15.1 Å². The van der Waals surface area contributed by atoms with Crippen LogP contribution in [0.3, 0.4) is 0 Å². The minimum absolute atomic E-state index is 0.0523. The molecule has 0 spiro atoms. The number of aromatic amines is 1. The molecule has 0 saturated carbocycles. The van der Waals surface area contributed by atoms with Gasteiger partial charge in [-0.1, -0.05) is 18.2 Å². The van der Waals surface area contributed by atoms with E-state index >= 15 is 0 Å². The first-order valence-corrected chi connectivity index (χ1v) is 9.25. The van der Waals surface area contributed by atoms with Gasteiger partial charge in [-0.25, -0.2) is 0 Å². The molecule has 0 radical (unpaired) electrons. The molecule has 4 rings (SSSR count). The van der Waals surface area contributed by atoms with Crippen molar-refractivity contribution in [3.8, 4) is 5.88 Å². The molecule has 3 aromatic rings. The molecule has 1 aliphatic heterocycles. The fraction of sp³-hybridized carbons (Fsp3) is 0.333. The number of nitrogens with one attached hydrogen (secondary N) is 2. The van der Waals surface area contributed by atoms with Gasteiger partial charge in [0.05, 0.1) is 28.9 Å². The Hall–Kier alpha value is -3.07. The highest BCUT2D eigenvalue weighted by Crippen LogP contribution is 2.32. The second kappa shape index (κ2) is 7.51. The van der Waals surface area contributed by atoms with E-state index in [-0.39, 0.29) is 11.8 Å². The number of aromatic nitrogens is 5. The number of ether oxygens (including phenoxy) is 1. The number of hydrogen-bond donors (Lipinski definition) is 2. The summed E-state index contributed by atoms with van der Waals surface area (Å²) in [5.74, 6) is 0.949. The van der Waals surface area contributed by atoms with Gasteiger partial charge in [0, 0.05) is 38.4 Å². The van der Waals surface area contributed by atoms with Gasteiger partial charge in [0.15, 0.2) is 0 Å². The molecule has 0 aliphatic carbocycles. The Bertz CT molecular complexity index is 1030. The van der Waals surface area contributed by atoms with Crippen molar-refractivity contribution in [3.63, 3.8) is 0 Å². The van der Waals surface area contributed by atoms with Gasteiger partial charge in [0.25, 0.3) is 0 Å². The summed E-state index contributed by atoms with van der Waals surface area (Å²) in [5, 5.41) is 8.36. The Labute approximate surface area is 166 Å². The van der Waals surface area contributed by atoms with Crippen LogP contribution in [0.25, 0.3) is 11.0 Å². The number of carbonyl (C=O) groups excluding carboxylic acids is 1. The lowest BCUT2D eigenvalue weighted by atomic mass is 10.1. The molecule has 1 fully saturated rings. The van der Waals surface area contributed by atoms with Crippen molar-refractivity contribution >= 4 is 40.2 Å². The van der Waals surface area contributed by atoms with Crippen LogP contribution in [0.1, 0.15) is 6.42 Å². The number of H-pyrrole nitrogens is 1. The number of carbonyl (C=O) groups is 1. The summed E-state index contributed by atoms with van der Waals surface area (Å²) in [7, 11) is 1.83. The number of fused-ring (bicyclic) bond motifs is 1. The molecule has 3 aromatic heterocycles. The van der Waals surface area contributed by atoms with Gasteiger partial charge >= 0.3 is 0 Å². The zero-order valence-corrected chi connectivity index (χ0v) is 16.1. The van der Waals surface area contributed by atoms with E-state index in [9.17, 15) is 4.79 Å². The molecule has 1 amide bonds. The van der Waals surface area contributed by atoms with E-state index in [2.05, 4.69) is 31.9 Å². The topological polar surface area (TPSA) is 101 Å². The predicted octanol–water partition coefficient (Wildman–Crippen LogP) is 2.50. The average Bonchev–Trinajstić information content (AvgIpc) is 3.40. The average molecular weight is 402 g/mol. The van der Waals surface area contributed by atoms with Gasteiger partial charge in [-0.15, -0.1) is 0 Å². The van der Waals surface area contributed by atoms with Crippen molar-refractivity contribution in [3.05, 3.63) is 36.3 Å². The monoisotopic (exact) mass is 401 g/mol. The zero-order chi connectivity index (χ0) is 19.7. The van der Waals surface area contributed by atoms with E-state index in [0.717, 1.165) is 12.1 Å². The first kappa shape index (κ1) is 18.3. The van der Waals surface area contributed by atoms with Crippen molar-refractivity contribution in [1.29, 1.82) is 0 Å².